The minimum absolute atomic E-state index is 0. The zero-order valence-corrected chi connectivity index (χ0v) is 16.5. The first-order chi connectivity index (χ1) is 9.79. The van der Waals surface area contributed by atoms with E-state index in [0.29, 0.717) is 17.7 Å². The van der Waals surface area contributed by atoms with Gasteiger partial charge in [0, 0.05) is 11.1 Å². The molecule has 2 rings (SSSR count). The number of ether oxygens (including phenoxy) is 1. The molecule has 22 heavy (non-hydrogen) atoms. The third kappa shape index (κ3) is 3.66. The number of hydrogen-bond donors (Lipinski definition) is 1. The molecule has 0 unspecified atom stereocenters. The number of rotatable bonds is 4. The summed E-state index contributed by atoms with van der Waals surface area (Å²) >= 11 is 0. The van der Waals surface area contributed by atoms with Gasteiger partial charge in [0.05, 0.1) is 7.11 Å². The Morgan fingerprint density at radius 2 is 1.91 bits per heavy atom. The van der Waals surface area contributed by atoms with Crippen LogP contribution in [0, 0.1) is 0 Å². The number of methoxy groups -OCH3 is 1. The third-order valence-corrected chi connectivity index (χ3v) is 4.58. The Labute approximate surface area is 155 Å². The van der Waals surface area contributed by atoms with E-state index < -0.39 is 10.1 Å². The Hall–Kier alpha value is -0.590. The Bertz CT molecular complexity index is 744. The molecule has 0 spiro atoms. The first-order valence-electron chi connectivity index (χ1n) is 6.90. The Morgan fingerprint density at radius 3 is 2.36 bits per heavy atom. The maximum absolute atomic E-state index is 11.7. The van der Waals surface area contributed by atoms with Gasteiger partial charge < -0.3 is 6.16 Å². The van der Waals surface area contributed by atoms with Crippen LogP contribution in [0.3, 0.4) is 0 Å². The van der Waals surface area contributed by atoms with E-state index in [1.807, 2.05) is 39.0 Å². The van der Waals surface area contributed by atoms with Gasteiger partial charge in [-0.05, 0) is 41.7 Å². The van der Waals surface area contributed by atoms with Crippen LogP contribution in [0.15, 0.2) is 29.2 Å². The number of hydrogen-bond acceptors (Lipinski definition) is 3. The molecule has 0 fully saturated rings. The van der Waals surface area contributed by atoms with Crippen LogP contribution in [-0.2, 0) is 16.5 Å². The van der Waals surface area contributed by atoms with Crippen molar-refractivity contribution in [3.05, 3.63) is 35.4 Å². The number of fused-ring (bicyclic) bond motifs is 1. The van der Waals surface area contributed by atoms with Crippen molar-refractivity contribution in [2.24, 2.45) is 0 Å². The van der Waals surface area contributed by atoms with Gasteiger partial charge >= 0.3 is 29.6 Å². The van der Waals surface area contributed by atoms with Crippen molar-refractivity contribution in [1.82, 2.24) is 0 Å². The van der Waals surface area contributed by atoms with Crippen LogP contribution in [0.25, 0.3) is 11.1 Å². The molecule has 2 aliphatic carbocycles. The second kappa shape index (κ2) is 7.32. The van der Waals surface area contributed by atoms with Gasteiger partial charge in [-0.3, -0.25) is 4.55 Å². The summed E-state index contributed by atoms with van der Waals surface area (Å²) in [5, 5.41) is 0. The quantitative estimate of drug-likeness (QED) is 0.666. The fraction of sp³-hybridized carbons (Fsp3) is 0.375. The molecule has 0 amide bonds. The molecule has 116 valence electrons. The molecular formula is C16H21NaO4S. The van der Waals surface area contributed by atoms with Crippen LogP contribution in [0.5, 0.6) is 5.75 Å². The monoisotopic (exact) mass is 332 g/mol. The average molecular weight is 332 g/mol. The van der Waals surface area contributed by atoms with Crippen LogP contribution in [0.1, 0.15) is 39.2 Å². The van der Waals surface area contributed by atoms with E-state index in [4.69, 9.17) is 4.74 Å². The van der Waals surface area contributed by atoms with Crippen LogP contribution >= 0.6 is 0 Å². The fourth-order valence-corrected chi connectivity index (χ4v) is 3.26. The number of aryl methyl sites for hydroxylation is 1. The van der Waals surface area contributed by atoms with Crippen molar-refractivity contribution in [3.63, 3.8) is 0 Å². The van der Waals surface area contributed by atoms with Crippen molar-refractivity contribution >= 4 is 10.1 Å². The molecule has 0 aliphatic heterocycles. The molecule has 0 atom stereocenters. The van der Waals surface area contributed by atoms with E-state index in [2.05, 4.69) is 0 Å². The van der Waals surface area contributed by atoms with Crippen LogP contribution in [0.4, 0.5) is 0 Å². The van der Waals surface area contributed by atoms with Crippen LogP contribution < -0.4 is 34.3 Å². The van der Waals surface area contributed by atoms with Gasteiger partial charge in [-0.2, -0.15) is 8.42 Å². The average Bonchev–Trinajstić information content (AvgIpc) is 2.65. The predicted molar refractivity (Wildman–Crippen MR) is 84.0 cm³/mol. The molecule has 4 nitrogen and oxygen atoms in total. The molecule has 0 heterocycles. The van der Waals surface area contributed by atoms with Crippen molar-refractivity contribution in [2.45, 2.75) is 38.0 Å². The summed E-state index contributed by atoms with van der Waals surface area (Å²) in [7, 11) is -2.71. The van der Waals surface area contributed by atoms with Crippen molar-refractivity contribution in [1.29, 1.82) is 0 Å². The molecule has 0 bridgehead atoms. The first kappa shape index (κ1) is 19.5. The van der Waals surface area contributed by atoms with E-state index in [1.54, 1.807) is 7.11 Å². The molecule has 0 radical (unpaired) electrons. The molecule has 0 saturated carbocycles. The Morgan fingerprint density at radius 1 is 1.27 bits per heavy atom. The van der Waals surface area contributed by atoms with Crippen molar-refractivity contribution in [3.8, 4) is 16.9 Å². The molecule has 2 aliphatic rings. The summed E-state index contributed by atoms with van der Waals surface area (Å²) < 4.78 is 38.3. The van der Waals surface area contributed by atoms with Crippen molar-refractivity contribution in [2.75, 3.05) is 7.11 Å². The molecular weight excluding hydrogens is 311 g/mol. The van der Waals surface area contributed by atoms with Crippen LogP contribution in [-0.4, -0.2) is 20.1 Å². The summed E-state index contributed by atoms with van der Waals surface area (Å²) in [6, 6.07) is 7.14. The molecule has 0 aromatic heterocycles. The topological polar surface area (TPSA) is 63.6 Å². The third-order valence-electron chi connectivity index (χ3n) is 3.69. The molecule has 1 N–H and O–H groups in total. The van der Waals surface area contributed by atoms with Crippen molar-refractivity contribution < 1.29 is 48.7 Å². The normalized spacial score (nSPS) is 11.5. The summed E-state index contributed by atoms with van der Waals surface area (Å²) in [5.74, 6) is 0.850. The molecule has 0 aromatic carbocycles. The van der Waals surface area contributed by atoms with Gasteiger partial charge in [-0.15, -0.1) is 0 Å². The van der Waals surface area contributed by atoms with Gasteiger partial charge in [-0.25, -0.2) is 0 Å². The fourth-order valence-electron chi connectivity index (χ4n) is 2.53. The molecule has 6 heteroatoms. The largest absolute Gasteiger partial charge is 1.00 e. The smallest absolute Gasteiger partial charge is 1.00 e. The van der Waals surface area contributed by atoms with E-state index in [9.17, 15) is 13.0 Å². The summed E-state index contributed by atoms with van der Waals surface area (Å²) in [6.45, 7) is 6.01. The van der Waals surface area contributed by atoms with Gasteiger partial charge in [0.25, 0.3) is 10.1 Å². The Kier molecular flexibility index (Phi) is 6.47. The summed E-state index contributed by atoms with van der Waals surface area (Å²) in [5.41, 5.74) is 3.10. The first-order valence-corrected chi connectivity index (χ1v) is 8.34. The summed E-state index contributed by atoms with van der Waals surface area (Å²) in [6.07, 6.45) is 0.656. The van der Waals surface area contributed by atoms with E-state index in [-0.39, 0.29) is 41.8 Å². The zero-order valence-electron chi connectivity index (χ0n) is 14.7. The van der Waals surface area contributed by atoms with Gasteiger partial charge in [0.15, 0.2) is 0 Å². The van der Waals surface area contributed by atoms with E-state index in [0.717, 1.165) is 16.7 Å². The second-order valence-electron chi connectivity index (χ2n) is 5.35. The predicted octanol–water partition coefficient (Wildman–Crippen LogP) is 0.849. The van der Waals surface area contributed by atoms with Gasteiger partial charge in [0.1, 0.15) is 10.6 Å². The Balaban J connectivity index is 0.00000242. The molecule has 0 aromatic rings. The minimum Gasteiger partial charge on any atom is -1.00 e. The maximum Gasteiger partial charge on any atom is 1.00 e. The minimum atomic E-state index is -4.27. The van der Waals surface area contributed by atoms with Gasteiger partial charge in [0.2, 0.25) is 0 Å². The second-order valence-corrected chi connectivity index (χ2v) is 6.74. The zero-order chi connectivity index (χ0) is 15.8. The van der Waals surface area contributed by atoms with Gasteiger partial charge in [-0.1, -0.05) is 26.8 Å². The van der Waals surface area contributed by atoms with Crippen LogP contribution in [0.2, 0.25) is 0 Å². The standard InChI is InChI=1S/C16H20O4S.Na.H/c1-5-11-9-15(21(17,18)19)13-8-12(10(2)3)6-7-14(20-4)16(11)13;;/h6-10H,5H2,1-4H3,(H,17,18,19);;/q;+1;-1. The van der Waals surface area contributed by atoms with E-state index >= 15 is 0 Å². The summed E-state index contributed by atoms with van der Waals surface area (Å²) in [4.78, 5) is -0.0502. The molecule has 0 saturated heterocycles. The van der Waals surface area contributed by atoms with E-state index in [1.165, 1.54) is 6.07 Å². The maximum atomic E-state index is 11.7. The SMILES string of the molecule is CCc1cc(S(=O)(=O)O)c2cc(C(C)C)ccc(OC)c1-2.[H-].[Na+].